The van der Waals surface area contributed by atoms with Crippen molar-refractivity contribution >= 4 is 11.7 Å². The van der Waals surface area contributed by atoms with E-state index < -0.39 is 0 Å². The quantitative estimate of drug-likeness (QED) is 0.674. The summed E-state index contributed by atoms with van der Waals surface area (Å²) in [5.74, 6) is 0.821. The van der Waals surface area contributed by atoms with Crippen molar-refractivity contribution in [1.29, 1.82) is 0 Å². The number of hydrogen-bond acceptors (Lipinski definition) is 3. The number of rotatable bonds is 7. The van der Waals surface area contributed by atoms with E-state index in [1.807, 2.05) is 70.4 Å². The molecule has 2 amide bonds. The van der Waals surface area contributed by atoms with E-state index in [4.69, 9.17) is 4.74 Å². The summed E-state index contributed by atoms with van der Waals surface area (Å²) in [6.07, 6.45) is 5.82. The molecule has 4 rings (SSSR count). The van der Waals surface area contributed by atoms with Gasteiger partial charge in [-0.2, -0.15) is 5.10 Å². The Morgan fingerprint density at radius 1 is 1.14 bits per heavy atom. The van der Waals surface area contributed by atoms with Gasteiger partial charge in [-0.05, 0) is 54.3 Å². The molecule has 0 radical (unpaired) electrons. The molecule has 0 atom stereocenters. The van der Waals surface area contributed by atoms with Gasteiger partial charge in [-0.1, -0.05) is 24.3 Å². The third-order valence-corrected chi connectivity index (χ3v) is 4.87. The van der Waals surface area contributed by atoms with Gasteiger partial charge in [0.1, 0.15) is 5.75 Å². The summed E-state index contributed by atoms with van der Waals surface area (Å²) in [4.78, 5) is 14.8. The highest BCUT2D eigenvalue weighted by Crippen LogP contribution is 2.29. The number of nitrogens with zero attached hydrogens (tertiary/aromatic N) is 3. The maximum atomic E-state index is 12.8. The summed E-state index contributed by atoms with van der Waals surface area (Å²) >= 11 is 0. The number of benzene rings is 2. The van der Waals surface area contributed by atoms with E-state index in [0.29, 0.717) is 19.1 Å². The van der Waals surface area contributed by atoms with Crippen molar-refractivity contribution in [3.8, 4) is 5.75 Å². The van der Waals surface area contributed by atoms with Crippen LogP contribution in [0.1, 0.15) is 24.0 Å². The maximum Gasteiger partial charge on any atom is 0.322 e. The summed E-state index contributed by atoms with van der Waals surface area (Å²) in [7, 11) is 1.65. The molecule has 0 aliphatic heterocycles. The van der Waals surface area contributed by atoms with Gasteiger partial charge in [0, 0.05) is 30.7 Å². The van der Waals surface area contributed by atoms with Crippen LogP contribution < -0.4 is 10.1 Å². The Morgan fingerprint density at radius 2 is 1.86 bits per heavy atom. The van der Waals surface area contributed by atoms with Gasteiger partial charge in [0.2, 0.25) is 0 Å². The van der Waals surface area contributed by atoms with Crippen molar-refractivity contribution in [3.63, 3.8) is 0 Å². The summed E-state index contributed by atoms with van der Waals surface area (Å²) in [6, 6.07) is 17.9. The van der Waals surface area contributed by atoms with Crippen LogP contribution in [-0.2, 0) is 13.1 Å². The number of carbonyl (C=O) groups excluding carboxylic acids is 1. The van der Waals surface area contributed by atoms with Gasteiger partial charge in [0.05, 0.1) is 13.7 Å². The molecule has 1 N–H and O–H groups in total. The number of urea groups is 1. The highest BCUT2D eigenvalue weighted by Gasteiger charge is 2.32. The third kappa shape index (κ3) is 4.52. The zero-order valence-corrected chi connectivity index (χ0v) is 15.9. The zero-order chi connectivity index (χ0) is 19.3. The van der Waals surface area contributed by atoms with Crippen molar-refractivity contribution in [1.82, 2.24) is 14.7 Å². The van der Waals surface area contributed by atoms with Crippen molar-refractivity contribution < 1.29 is 9.53 Å². The molecular weight excluding hydrogens is 352 g/mol. The van der Waals surface area contributed by atoms with Gasteiger partial charge in [0.25, 0.3) is 0 Å². The molecule has 0 spiro atoms. The van der Waals surface area contributed by atoms with Crippen LogP contribution in [0.25, 0.3) is 0 Å². The molecule has 28 heavy (non-hydrogen) atoms. The minimum atomic E-state index is -0.0573. The van der Waals surface area contributed by atoms with E-state index >= 15 is 0 Å². The number of ether oxygens (including phenoxy) is 1. The van der Waals surface area contributed by atoms with Crippen LogP contribution >= 0.6 is 0 Å². The number of hydrogen-bond donors (Lipinski definition) is 1. The summed E-state index contributed by atoms with van der Waals surface area (Å²) in [6.45, 7) is 1.31. The second kappa shape index (κ2) is 8.17. The van der Waals surface area contributed by atoms with Crippen LogP contribution in [0.2, 0.25) is 0 Å². The van der Waals surface area contributed by atoms with Crippen LogP contribution in [0.5, 0.6) is 5.75 Å². The molecular formula is C22H24N4O2. The lowest BCUT2D eigenvalue weighted by Crippen LogP contribution is -2.36. The Balaban J connectivity index is 1.38. The molecule has 1 aliphatic rings. The molecule has 2 aromatic carbocycles. The lowest BCUT2D eigenvalue weighted by Gasteiger charge is -2.23. The molecule has 144 valence electrons. The average Bonchev–Trinajstić information content (AvgIpc) is 3.44. The fraction of sp³-hybridized carbons (Fsp3) is 0.273. The van der Waals surface area contributed by atoms with E-state index in [0.717, 1.165) is 35.4 Å². The maximum absolute atomic E-state index is 12.8. The molecule has 6 heteroatoms. The largest absolute Gasteiger partial charge is 0.497 e. The SMILES string of the molecule is COc1ccc(CN(C(=O)Nc2ccc(Cn3cccn3)cc2)C2CC2)cc1. The molecule has 1 saturated carbocycles. The van der Waals surface area contributed by atoms with Gasteiger partial charge < -0.3 is 15.0 Å². The molecule has 0 saturated heterocycles. The fourth-order valence-corrected chi connectivity index (χ4v) is 3.15. The number of methoxy groups -OCH3 is 1. The number of carbonyl (C=O) groups is 1. The lowest BCUT2D eigenvalue weighted by atomic mass is 10.2. The minimum absolute atomic E-state index is 0.0573. The Labute approximate surface area is 164 Å². The smallest absolute Gasteiger partial charge is 0.322 e. The molecule has 0 bridgehead atoms. The number of aromatic nitrogens is 2. The topological polar surface area (TPSA) is 59.4 Å². The first-order valence-corrected chi connectivity index (χ1v) is 9.48. The predicted octanol–water partition coefficient (Wildman–Crippen LogP) is 4.14. The number of nitrogens with one attached hydrogen (secondary N) is 1. The van der Waals surface area contributed by atoms with E-state index in [1.54, 1.807) is 13.3 Å². The normalized spacial score (nSPS) is 13.2. The van der Waals surface area contributed by atoms with Crippen LogP contribution in [0.4, 0.5) is 10.5 Å². The highest BCUT2D eigenvalue weighted by atomic mass is 16.5. The molecule has 1 aromatic heterocycles. The van der Waals surface area contributed by atoms with Crippen LogP contribution in [0.3, 0.4) is 0 Å². The van der Waals surface area contributed by atoms with Crippen molar-refractivity contribution in [2.75, 3.05) is 12.4 Å². The summed E-state index contributed by atoms with van der Waals surface area (Å²) < 4.78 is 7.08. The molecule has 1 fully saturated rings. The van der Waals surface area contributed by atoms with Gasteiger partial charge in [-0.25, -0.2) is 4.79 Å². The fourth-order valence-electron chi connectivity index (χ4n) is 3.15. The lowest BCUT2D eigenvalue weighted by molar-refractivity contribution is 0.206. The van der Waals surface area contributed by atoms with E-state index in [-0.39, 0.29) is 6.03 Å². The van der Waals surface area contributed by atoms with Crippen LogP contribution in [0, 0.1) is 0 Å². The monoisotopic (exact) mass is 376 g/mol. The third-order valence-electron chi connectivity index (χ3n) is 4.87. The minimum Gasteiger partial charge on any atom is -0.497 e. The standard InChI is InChI=1S/C22H24N4O2/c1-28-21-11-5-18(6-12-21)16-26(20-9-10-20)22(27)24-19-7-3-17(4-8-19)15-25-14-2-13-23-25/h2-8,11-14,20H,9-10,15-16H2,1H3,(H,24,27). The first kappa shape index (κ1) is 18.1. The van der Waals surface area contributed by atoms with E-state index in [2.05, 4.69) is 10.4 Å². The first-order valence-electron chi connectivity index (χ1n) is 9.48. The second-order valence-corrected chi connectivity index (χ2v) is 7.04. The Hall–Kier alpha value is -3.28. The molecule has 3 aromatic rings. The Bertz CT molecular complexity index is 901. The van der Waals surface area contributed by atoms with Crippen LogP contribution in [0.15, 0.2) is 67.0 Å². The summed E-state index contributed by atoms with van der Waals surface area (Å²) in [5, 5.41) is 7.25. The molecule has 1 aliphatic carbocycles. The zero-order valence-electron chi connectivity index (χ0n) is 15.9. The van der Waals surface area contributed by atoms with Crippen molar-refractivity contribution in [2.45, 2.75) is 32.0 Å². The van der Waals surface area contributed by atoms with E-state index in [1.165, 1.54) is 0 Å². The molecule has 0 unspecified atom stereocenters. The Kier molecular flexibility index (Phi) is 5.28. The number of amides is 2. The Morgan fingerprint density at radius 3 is 2.46 bits per heavy atom. The summed E-state index contributed by atoms with van der Waals surface area (Å²) in [5.41, 5.74) is 3.03. The highest BCUT2D eigenvalue weighted by molar-refractivity contribution is 5.89. The van der Waals surface area contributed by atoms with Crippen molar-refractivity contribution in [2.24, 2.45) is 0 Å². The average molecular weight is 376 g/mol. The van der Waals surface area contributed by atoms with Crippen LogP contribution in [-0.4, -0.2) is 33.9 Å². The van der Waals surface area contributed by atoms with Gasteiger partial charge in [0.15, 0.2) is 0 Å². The van der Waals surface area contributed by atoms with Crippen molar-refractivity contribution in [3.05, 3.63) is 78.1 Å². The second-order valence-electron chi connectivity index (χ2n) is 7.04. The molecule has 1 heterocycles. The predicted molar refractivity (Wildman–Crippen MR) is 108 cm³/mol. The van der Waals surface area contributed by atoms with Gasteiger partial charge in [-0.3, -0.25) is 4.68 Å². The number of anilines is 1. The van der Waals surface area contributed by atoms with Gasteiger partial charge in [-0.15, -0.1) is 0 Å². The van der Waals surface area contributed by atoms with E-state index in [9.17, 15) is 4.79 Å². The molecule has 6 nitrogen and oxygen atoms in total. The first-order chi connectivity index (χ1) is 13.7. The van der Waals surface area contributed by atoms with Gasteiger partial charge >= 0.3 is 6.03 Å².